The summed E-state index contributed by atoms with van der Waals surface area (Å²) in [5.74, 6) is 0.182. The number of hydrogen-bond donors (Lipinski definition) is 0. The van der Waals surface area contributed by atoms with Gasteiger partial charge in [0.15, 0.2) is 0 Å². The lowest BCUT2D eigenvalue weighted by molar-refractivity contribution is -0.0498. The molecular formula is C16H13F2NO. The number of halogens is 2. The van der Waals surface area contributed by atoms with Crippen molar-refractivity contribution in [2.24, 2.45) is 0 Å². The summed E-state index contributed by atoms with van der Waals surface area (Å²) < 4.78 is 30.6. The molecule has 0 atom stereocenters. The van der Waals surface area contributed by atoms with Gasteiger partial charge < -0.3 is 9.30 Å². The average molecular weight is 273 g/mol. The van der Waals surface area contributed by atoms with E-state index >= 15 is 0 Å². The molecule has 4 heteroatoms. The summed E-state index contributed by atoms with van der Waals surface area (Å²) in [4.78, 5) is 0. The third kappa shape index (κ3) is 2.64. The maximum atomic E-state index is 12.1. The molecule has 0 fully saturated rings. The van der Waals surface area contributed by atoms with E-state index in [0.717, 1.165) is 11.1 Å². The molecule has 0 saturated heterocycles. The zero-order valence-electron chi connectivity index (χ0n) is 10.7. The van der Waals surface area contributed by atoms with Crippen molar-refractivity contribution in [3.63, 3.8) is 0 Å². The van der Waals surface area contributed by atoms with Crippen LogP contribution in [0.4, 0.5) is 8.78 Å². The Hall–Kier alpha value is -2.36. The third-order valence-electron chi connectivity index (χ3n) is 3.18. The number of ether oxygens (including phenoxy) is 1. The Kier molecular flexibility index (Phi) is 3.37. The fourth-order valence-electron chi connectivity index (χ4n) is 2.25. The van der Waals surface area contributed by atoms with Crippen LogP contribution in [0.5, 0.6) is 5.75 Å². The van der Waals surface area contributed by atoms with E-state index in [1.807, 2.05) is 18.3 Å². The number of nitrogens with zero attached hydrogens (tertiary/aromatic N) is 1. The largest absolute Gasteiger partial charge is 0.435 e. The van der Waals surface area contributed by atoms with Gasteiger partial charge in [-0.2, -0.15) is 8.78 Å². The van der Waals surface area contributed by atoms with Crippen LogP contribution in [-0.4, -0.2) is 11.2 Å². The minimum atomic E-state index is -2.78. The lowest BCUT2D eigenvalue weighted by Gasteiger charge is -2.08. The highest BCUT2D eigenvalue weighted by Gasteiger charge is 2.05. The van der Waals surface area contributed by atoms with E-state index < -0.39 is 6.61 Å². The molecule has 2 nitrogen and oxygen atoms in total. The molecule has 0 aliphatic carbocycles. The monoisotopic (exact) mass is 273 g/mol. The van der Waals surface area contributed by atoms with E-state index in [4.69, 9.17) is 0 Å². The van der Waals surface area contributed by atoms with Gasteiger partial charge in [-0.25, -0.2) is 0 Å². The lowest BCUT2D eigenvalue weighted by Crippen LogP contribution is -2.02. The van der Waals surface area contributed by atoms with Crippen LogP contribution >= 0.6 is 0 Å². The molecule has 0 spiro atoms. The van der Waals surface area contributed by atoms with Crippen LogP contribution < -0.4 is 4.74 Å². The van der Waals surface area contributed by atoms with Crippen molar-refractivity contribution in [3.05, 3.63) is 66.4 Å². The van der Waals surface area contributed by atoms with E-state index in [-0.39, 0.29) is 5.75 Å². The number of rotatable bonds is 4. The van der Waals surface area contributed by atoms with Crippen molar-refractivity contribution >= 4 is 10.9 Å². The molecule has 1 heterocycles. The van der Waals surface area contributed by atoms with Gasteiger partial charge in [-0.05, 0) is 35.2 Å². The molecule has 102 valence electrons. The van der Waals surface area contributed by atoms with E-state index in [0.29, 0.717) is 6.54 Å². The minimum Gasteiger partial charge on any atom is -0.435 e. The molecular weight excluding hydrogens is 260 g/mol. The van der Waals surface area contributed by atoms with Crippen LogP contribution in [0.15, 0.2) is 60.8 Å². The number of benzene rings is 2. The molecule has 3 aromatic rings. The van der Waals surface area contributed by atoms with Crippen LogP contribution in [0.25, 0.3) is 10.9 Å². The predicted octanol–water partition coefficient (Wildman–Crippen LogP) is 4.29. The number of aromatic nitrogens is 1. The first-order valence-corrected chi connectivity index (χ1v) is 6.30. The molecule has 20 heavy (non-hydrogen) atoms. The SMILES string of the molecule is FC(F)Oc1ccc(Cn2ccc3ccccc32)cc1. The summed E-state index contributed by atoms with van der Waals surface area (Å²) in [6, 6.07) is 16.9. The van der Waals surface area contributed by atoms with E-state index in [1.165, 1.54) is 5.39 Å². The average Bonchev–Trinajstić information content (AvgIpc) is 2.84. The molecule has 0 aliphatic heterocycles. The molecule has 0 unspecified atom stereocenters. The fraction of sp³-hybridized carbons (Fsp3) is 0.125. The van der Waals surface area contributed by atoms with Gasteiger partial charge in [-0.1, -0.05) is 30.3 Å². The van der Waals surface area contributed by atoms with Gasteiger partial charge >= 0.3 is 6.61 Å². The summed E-state index contributed by atoms with van der Waals surface area (Å²) in [6.07, 6.45) is 2.02. The standard InChI is InChI=1S/C16H13F2NO/c17-16(18)20-14-7-5-12(6-8-14)11-19-10-9-13-3-1-2-4-15(13)19/h1-10,16H,11H2. The first-order chi connectivity index (χ1) is 9.72. The first kappa shape index (κ1) is 12.7. The Labute approximate surface area is 115 Å². The van der Waals surface area contributed by atoms with Crippen LogP contribution in [0.1, 0.15) is 5.56 Å². The van der Waals surface area contributed by atoms with Crippen molar-refractivity contribution in [3.8, 4) is 5.75 Å². The van der Waals surface area contributed by atoms with Gasteiger partial charge in [-0.3, -0.25) is 0 Å². The summed E-state index contributed by atoms with van der Waals surface area (Å²) in [5, 5.41) is 1.19. The maximum absolute atomic E-state index is 12.1. The molecule has 0 aliphatic rings. The van der Waals surface area contributed by atoms with Crippen LogP contribution in [0, 0.1) is 0 Å². The molecule has 1 aromatic heterocycles. The number of para-hydroxylation sites is 1. The van der Waals surface area contributed by atoms with Crippen molar-refractivity contribution in [1.29, 1.82) is 0 Å². The summed E-state index contributed by atoms with van der Waals surface area (Å²) in [7, 11) is 0. The Morgan fingerprint density at radius 2 is 1.70 bits per heavy atom. The van der Waals surface area contributed by atoms with Gasteiger partial charge in [0.2, 0.25) is 0 Å². The summed E-state index contributed by atoms with van der Waals surface area (Å²) >= 11 is 0. The molecule has 2 aromatic carbocycles. The minimum absolute atomic E-state index is 0.182. The number of fused-ring (bicyclic) bond motifs is 1. The molecule has 0 N–H and O–H groups in total. The number of hydrogen-bond acceptors (Lipinski definition) is 1. The quantitative estimate of drug-likeness (QED) is 0.691. The van der Waals surface area contributed by atoms with Gasteiger partial charge in [-0.15, -0.1) is 0 Å². The first-order valence-electron chi connectivity index (χ1n) is 6.30. The van der Waals surface area contributed by atoms with Crippen LogP contribution in [0.3, 0.4) is 0 Å². The maximum Gasteiger partial charge on any atom is 0.387 e. The van der Waals surface area contributed by atoms with Gasteiger partial charge in [0.25, 0.3) is 0 Å². The smallest absolute Gasteiger partial charge is 0.387 e. The molecule has 0 saturated carbocycles. The topological polar surface area (TPSA) is 14.2 Å². The molecule has 0 bridgehead atoms. The number of alkyl halides is 2. The fourth-order valence-corrected chi connectivity index (χ4v) is 2.25. The Balaban J connectivity index is 1.80. The Morgan fingerprint density at radius 3 is 2.45 bits per heavy atom. The highest BCUT2D eigenvalue weighted by molar-refractivity contribution is 5.80. The zero-order valence-corrected chi connectivity index (χ0v) is 10.7. The van der Waals surface area contributed by atoms with Gasteiger partial charge in [0.05, 0.1) is 0 Å². The summed E-state index contributed by atoms with van der Waals surface area (Å²) in [6.45, 7) is -2.09. The van der Waals surface area contributed by atoms with Crippen molar-refractivity contribution < 1.29 is 13.5 Å². The summed E-state index contributed by atoms with van der Waals surface area (Å²) in [5.41, 5.74) is 2.19. The zero-order chi connectivity index (χ0) is 13.9. The second-order valence-electron chi connectivity index (χ2n) is 4.52. The third-order valence-corrected chi connectivity index (χ3v) is 3.18. The Bertz CT molecular complexity index is 704. The highest BCUT2D eigenvalue weighted by Crippen LogP contribution is 2.19. The van der Waals surface area contributed by atoms with Gasteiger partial charge in [0, 0.05) is 18.3 Å². The molecule has 0 amide bonds. The predicted molar refractivity (Wildman–Crippen MR) is 74.1 cm³/mol. The van der Waals surface area contributed by atoms with E-state index in [9.17, 15) is 8.78 Å². The normalized spacial score (nSPS) is 11.2. The van der Waals surface area contributed by atoms with Crippen molar-refractivity contribution in [1.82, 2.24) is 4.57 Å². The van der Waals surface area contributed by atoms with Crippen molar-refractivity contribution in [2.75, 3.05) is 0 Å². The second-order valence-corrected chi connectivity index (χ2v) is 4.52. The highest BCUT2D eigenvalue weighted by atomic mass is 19.3. The van der Waals surface area contributed by atoms with Crippen molar-refractivity contribution in [2.45, 2.75) is 13.2 Å². The van der Waals surface area contributed by atoms with E-state index in [2.05, 4.69) is 27.5 Å². The van der Waals surface area contributed by atoms with Crippen LogP contribution in [-0.2, 0) is 6.54 Å². The van der Waals surface area contributed by atoms with Gasteiger partial charge in [0.1, 0.15) is 5.75 Å². The Morgan fingerprint density at radius 1 is 0.950 bits per heavy atom. The van der Waals surface area contributed by atoms with E-state index in [1.54, 1.807) is 24.3 Å². The van der Waals surface area contributed by atoms with Crippen LogP contribution in [0.2, 0.25) is 0 Å². The molecule has 3 rings (SSSR count). The molecule has 0 radical (unpaired) electrons. The second kappa shape index (κ2) is 5.33. The lowest BCUT2D eigenvalue weighted by atomic mass is 10.2.